The van der Waals surface area contributed by atoms with E-state index in [-0.39, 0.29) is 23.8 Å². The molecule has 0 aliphatic carbocycles. The summed E-state index contributed by atoms with van der Waals surface area (Å²) in [6, 6.07) is 11.9. The summed E-state index contributed by atoms with van der Waals surface area (Å²) in [5.41, 5.74) is 1.53. The van der Waals surface area contributed by atoms with Gasteiger partial charge in [0.2, 0.25) is 0 Å². The number of benzene rings is 2. The summed E-state index contributed by atoms with van der Waals surface area (Å²) in [6.07, 6.45) is 0.972. The van der Waals surface area contributed by atoms with E-state index in [2.05, 4.69) is 19.2 Å². The topological polar surface area (TPSA) is 84.9 Å². The molecule has 0 aromatic heterocycles. The molecule has 2 N–H and O–H groups in total. The highest BCUT2D eigenvalue weighted by Gasteiger charge is 2.14. The molecular weight excluding hydrogens is 334 g/mol. The molecule has 0 aliphatic heterocycles. The number of hydrogen-bond acceptors (Lipinski definition) is 4. The Kier molecular flexibility index (Phi) is 6.60. The van der Waals surface area contributed by atoms with Gasteiger partial charge in [-0.3, -0.25) is 4.79 Å². The minimum absolute atomic E-state index is 0.0820. The molecule has 26 heavy (non-hydrogen) atoms. The second kappa shape index (κ2) is 8.89. The van der Waals surface area contributed by atoms with Crippen LogP contribution >= 0.6 is 0 Å². The van der Waals surface area contributed by atoms with Gasteiger partial charge in [0, 0.05) is 0 Å². The van der Waals surface area contributed by atoms with Crippen molar-refractivity contribution >= 4 is 17.6 Å². The molecule has 0 saturated heterocycles. The molecule has 0 heterocycles. The zero-order valence-corrected chi connectivity index (χ0v) is 15.1. The fourth-order valence-corrected chi connectivity index (χ4v) is 2.50. The van der Waals surface area contributed by atoms with Crippen molar-refractivity contribution < 1.29 is 24.2 Å². The zero-order chi connectivity index (χ0) is 19.1. The first-order valence-electron chi connectivity index (χ1n) is 8.39. The predicted molar refractivity (Wildman–Crippen MR) is 99.2 cm³/mol. The first-order valence-corrected chi connectivity index (χ1v) is 8.39. The number of rotatable bonds is 8. The lowest BCUT2D eigenvalue weighted by Gasteiger charge is -2.16. The average molecular weight is 357 g/mol. The molecule has 0 bridgehead atoms. The maximum absolute atomic E-state index is 12.2. The van der Waals surface area contributed by atoms with Crippen LogP contribution in [0, 0.1) is 0 Å². The van der Waals surface area contributed by atoms with Gasteiger partial charge in [-0.05, 0) is 42.2 Å². The zero-order valence-electron chi connectivity index (χ0n) is 15.1. The third kappa shape index (κ3) is 4.75. The molecule has 0 radical (unpaired) electrons. The van der Waals surface area contributed by atoms with E-state index in [9.17, 15) is 9.59 Å². The fourth-order valence-electron chi connectivity index (χ4n) is 2.50. The second-order valence-corrected chi connectivity index (χ2v) is 5.90. The average Bonchev–Trinajstić information content (AvgIpc) is 2.66. The fraction of sp³-hybridized carbons (Fsp3) is 0.300. The normalized spacial score (nSPS) is 11.5. The van der Waals surface area contributed by atoms with E-state index in [1.807, 2.05) is 24.3 Å². The molecule has 138 valence electrons. The maximum atomic E-state index is 12.2. The van der Waals surface area contributed by atoms with E-state index in [0.717, 1.165) is 12.0 Å². The van der Waals surface area contributed by atoms with Gasteiger partial charge in [-0.25, -0.2) is 4.79 Å². The lowest BCUT2D eigenvalue weighted by Crippen LogP contribution is -2.21. The number of nitrogens with one attached hydrogen (secondary N) is 1. The van der Waals surface area contributed by atoms with Crippen molar-refractivity contribution in [1.29, 1.82) is 0 Å². The van der Waals surface area contributed by atoms with Crippen molar-refractivity contribution in [2.45, 2.75) is 26.2 Å². The SMILES string of the molecule is CCC(C)c1ccccc1OCC(=O)Nc1ccc(C(=O)O)cc1OC. The quantitative estimate of drug-likeness (QED) is 0.748. The van der Waals surface area contributed by atoms with Crippen LogP contribution in [-0.4, -0.2) is 30.7 Å². The summed E-state index contributed by atoms with van der Waals surface area (Å²) in [5.74, 6) is -0.127. The number of aromatic carboxylic acids is 1. The lowest BCUT2D eigenvalue weighted by atomic mass is 9.98. The summed E-state index contributed by atoms with van der Waals surface area (Å²) in [7, 11) is 1.41. The molecule has 6 nitrogen and oxygen atoms in total. The number of amides is 1. The summed E-state index contributed by atoms with van der Waals surface area (Å²) in [5, 5.41) is 11.7. The molecule has 2 aromatic carbocycles. The van der Waals surface area contributed by atoms with Crippen molar-refractivity contribution in [2.24, 2.45) is 0 Å². The number of carbonyl (C=O) groups excluding carboxylic acids is 1. The lowest BCUT2D eigenvalue weighted by molar-refractivity contribution is -0.118. The molecule has 2 rings (SSSR count). The Morgan fingerprint density at radius 3 is 2.54 bits per heavy atom. The van der Waals surface area contributed by atoms with Gasteiger partial charge in [0.1, 0.15) is 11.5 Å². The number of carboxylic acids is 1. The summed E-state index contributed by atoms with van der Waals surface area (Å²) in [6.45, 7) is 4.05. The number of hydrogen-bond donors (Lipinski definition) is 2. The molecular formula is C20H23NO5. The van der Waals surface area contributed by atoms with Crippen LogP contribution < -0.4 is 14.8 Å². The van der Waals surface area contributed by atoms with E-state index >= 15 is 0 Å². The van der Waals surface area contributed by atoms with Crippen LogP contribution in [0.5, 0.6) is 11.5 Å². The molecule has 0 fully saturated rings. The Hall–Kier alpha value is -3.02. The number of para-hydroxylation sites is 1. The molecule has 2 aromatic rings. The molecule has 0 aliphatic rings. The van der Waals surface area contributed by atoms with Crippen molar-refractivity contribution in [3.05, 3.63) is 53.6 Å². The smallest absolute Gasteiger partial charge is 0.335 e. The Balaban J connectivity index is 2.05. The number of ether oxygens (including phenoxy) is 2. The van der Waals surface area contributed by atoms with Gasteiger partial charge in [0.25, 0.3) is 5.91 Å². The van der Waals surface area contributed by atoms with Crippen molar-refractivity contribution in [3.63, 3.8) is 0 Å². The van der Waals surface area contributed by atoms with Gasteiger partial charge in [0.15, 0.2) is 6.61 Å². The summed E-state index contributed by atoms with van der Waals surface area (Å²) in [4.78, 5) is 23.2. The van der Waals surface area contributed by atoms with Gasteiger partial charge in [0.05, 0.1) is 18.4 Å². The van der Waals surface area contributed by atoms with Gasteiger partial charge in [-0.15, -0.1) is 0 Å². The minimum atomic E-state index is -1.06. The number of methoxy groups -OCH3 is 1. The Labute approximate surface area is 152 Å². The molecule has 1 unspecified atom stereocenters. The van der Waals surface area contributed by atoms with Crippen LogP contribution in [-0.2, 0) is 4.79 Å². The van der Waals surface area contributed by atoms with E-state index in [0.29, 0.717) is 17.4 Å². The van der Waals surface area contributed by atoms with Gasteiger partial charge >= 0.3 is 5.97 Å². The van der Waals surface area contributed by atoms with Crippen molar-refractivity contribution in [1.82, 2.24) is 0 Å². The third-order valence-corrected chi connectivity index (χ3v) is 4.14. The van der Waals surface area contributed by atoms with Crippen LogP contribution in [0.15, 0.2) is 42.5 Å². The summed E-state index contributed by atoms with van der Waals surface area (Å²) < 4.78 is 10.8. The van der Waals surface area contributed by atoms with Gasteiger partial charge < -0.3 is 19.9 Å². The second-order valence-electron chi connectivity index (χ2n) is 5.90. The number of carboxylic acid groups (broad SMARTS) is 1. The van der Waals surface area contributed by atoms with Crippen LogP contribution in [0.25, 0.3) is 0 Å². The van der Waals surface area contributed by atoms with E-state index in [1.54, 1.807) is 0 Å². The molecule has 1 atom stereocenters. The molecule has 1 amide bonds. The first-order chi connectivity index (χ1) is 12.5. The Bertz CT molecular complexity index is 788. The van der Waals surface area contributed by atoms with E-state index in [1.165, 1.54) is 25.3 Å². The van der Waals surface area contributed by atoms with Crippen molar-refractivity contribution in [2.75, 3.05) is 19.0 Å². The first kappa shape index (κ1) is 19.3. The highest BCUT2D eigenvalue weighted by atomic mass is 16.5. The highest BCUT2D eigenvalue weighted by Crippen LogP contribution is 2.29. The summed E-state index contributed by atoms with van der Waals surface area (Å²) >= 11 is 0. The van der Waals surface area contributed by atoms with Crippen LogP contribution in [0.3, 0.4) is 0 Å². The molecule has 6 heteroatoms. The largest absolute Gasteiger partial charge is 0.495 e. The van der Waals surface area contributed by atoms with Crippen LogP contribution in [0.2, 0.25) is 0 Å². The van der Waals surface area contributed by atoms with E-state index in [4.69, 9.17) is 14.6 Å². The van der Waals surface area contributed by atoms with Gasteiger partial charge in [-0.1, -0.05) is 32.0 Å². The Morgan fingerprint density at radius 1 is 1.15 bits per heavy atom. The van der Waals surface area contributed by atoms with Gasteiger partial charge in [-0.2, -0.15) is 0 Å². The predicted octanol–water partition coefficient (Wildman–Crippen LogP) is 3.92. The van der Waals surface area contributed by atoms with E-state index < -0.39 is 5.97 Å². The van der Waals surface area contributed by atoms with Crippen LogP contribution in [0.4, 0.5) is 5.69 Å². The molecule has 0 saturated carbocycles. The standard InChI is InChI=1S/C20H23NO5/c1-4-13(2)15-7-5-6-8-17(15)26-12-19(22)21-16-10-9-14(20(23)24)11-18(16)25-3/h5-11,13H,4,12H2,1-3H3,(H,21,22)(H,23,24). The van der Waals surface area contributed by atoms with Crippen LogP contribution in [0.1, 0.15) is 42.1 Å². The highest BCUT2D eigenvalue weighted by molar-refractivity contribution is 5.95. The maximum Gasteiger partial charge on any atom is 0.335 e. The minimum Gasteiger partial charge on any atom is -0.495 e. The Morgan fingerprint density at radius 2 is 1.88 bits per heavy atom. The number of carbonyl (C=O) groups is 2. The third-order valence-electron chi connectivity index (χ3n) is 4.14. The number of anilines is 1. The monoisotopic (exact) mass is 357 g/mol. The van der Waals surface area contributed by atoms with Crippen molar-refractivity contribution in [3.8, 4) is 11.5 Å². The molecule has 0 spiro atoms.